The van der Waals surface area contributed by atoms with E-state index >= 15 is 0 Å². The van der Waals surface area contributed by atoms with Gasteiger partial charge in [-0.25, -0.2) is 0 Å². The summed E-state index contributed by atoms with van der Waals surface area (Å²) < 4.78 is 10.9. The van der Waals surface area contributed by atoms with E-state index in [-0.39, 0.29) is 23.7 Å². The van der Waals surface area contributed by atoms with Gasteiger partial charge in [-0.15, -0.1) is 12.4 Å². The molecule has 1 aliphatic rings. The number of carbonyl (C=O) groups is 1. The van der Waals surface area contributed by atoms with Crippen LogP contribution in [0.1, 0.15) is 37.9 Å². The molecule has 0 bridgehead atoms. The molecule has 6 nitrogen and oxygen atoms in total. The second kappa shape index (κ2) is 12.1. The van der Waals surface area contributed by atoms with Crippen molar-refractivity contribution in [2.24, 2.45) is 5.41 Å². The van der Waals surface area contributed by atoms with E-state index in [2.05, 4.69) is 10.5 Å². The molecule has 1 fully saturated rings. The molecule has 1 aliphatic heterocycles. The van der Waals surface area contributed by atoms with Crippen molar-refractivity contribution in [3.8, 4) is 11.3 Å². The van der Waals surface area contributed by atoms with Crippen molar-refractivity contribution >= 4 is 18.3 Å². The smallest absolute Gasteiger partial charge is 0.230 e. The van der Waals surface area contributed by atoms with Gasteiger partial charge in [0.15, 0.2) is 0 Å². The van der Waals surface area contributed by atoms with Crippen LogP contribution in [-0.4, -0.2) is 56.4 Å². The Hall–Kier alpha value is -1.89. The quantitative estimate of drug-likeness (QED) is 0.572. The van der Waals surface area contributed by atoms with Crippen LogP contribution in [0.5, 0.6) is 0 Å². The highest BCUT2D eigenvalue weighted by atomic mass is 35.5. The van der Waals surface area contributed by atoms with Gasteiger partial charge >= 0.3 is 0 Å². The molecule has 1 saturated heterocycles. The fourth-order valence-electron chi connectivity index (χ4n) is 4.11. The Labute approximate surface area is 185 Å². The minimum absolute atomic E-state index is 0. The van der Waals surface area contributed by atoms with Gasteiger partial charge < -0.3 is 19.5 Å². The molecule has 0 radical (unpaired) electrons. The van der Waals surface area contributed by atoms with Crippen LogP contribution in [0.25, 0.3) is 11.3 Å². The molecule has 1 aromatic heterocycles. The monoisotopic (exact) mass is 435 g/mol. The molecule has 2 aromatic rings. The van der Waals surface area contributed by atoms with Crippen LogP contribution < -0.4 is 5.32 Å². The molecule has 0 atom stereocenters. The van der Waals surface area contributed by atoms with Crippen molar-refractivity contribution in [1.82, 2.24) is 15.4 Å². The van der Waals surface area contributed by atoms with Crippen molar-refractivity contribution in [1.29, 1.82) is 0 Å². The lowest BCUT2D eigenvalue weighted by Crippen LogP contribution is -2.50. The minimum atomic E-state index is -0.359. The van der Waals surface area contributed by atoms with Crippen molar-refractivity contribution in [2.75, 3.05) is 40.4 Å². The third-order valence-electron chi connectivity index (χ3n) is 5.83. The van der Waals surface area contributed by atoms with Crippen molar-refractivity contribution in [2.45, 2.75) is 38.5 Å². The van der Waals surface area contributed by atoms with E-state index in [4.69, 9.17) is 9.26 Å². The molecule has 0 unspecified atom stereocenters. The van der Waals surface area contributed by atoms with E-state index in [0.29, 0.717) is 6.61 Å². The Balaban J connectivity index is 0.00000320. The van der Waals surface area contributed by atoms with Crippen LogP contribution in [0.4, 0.5) is 0 Å². The number of hydrogen-bond donors (Lipinski definition) is 1. The third-order valence-corrected chi connectivity index (χ3v) is 5.83. The number of unbranched alkanes of at least 4 members (excludes halogenated alkanes) is 2. The zero-order chi connectivity index (χ0) is 20.5. The first-order valence-electron chi connectivity index (χ1n) is 10.6. The van der Waals surface area contributed by atoms with Crippen LogP contribution >= 0.6 is 12.4 Å². The highest BCUT2D eigenvalue weighted by molar-refractivity contribution is 5.85. The summed E-state index contributed by atoms with van der Waals surface area (Å²) in [5.41, 5.74) is 1.60. The van der Waals surface area contributed by atoms with E-state index in [1.54, 1.807) is 7.11 Å². The van der Waals surface area contributed by atoms with Crippen LogP contribution in [-0.2, 0) is 16.0 Å². The predicted octanol–water partition coefficient (Wildman–Crippen LogP) is 3.95. The highest BCUT2D eigenvalue weighted by Crippen LogP contribution is 2.31. The maximum absolute atomic E-state index is 13.0. The van der Waals surface area contributed by atoms with E-state index in [1.165, 1.54) is 0 Å². The third kappa shape index (κ3) is 6.30. The molecule has 166 valence electrons. The Morgan fingerprint density at radius 2 is 1.93 bits per heavy atom. The molecule has 3 rings (SSSR count). The van der Waals surface area contributed by atoms with E-state index in [9.17, 15) is 4.79 Å². The lowest BCUT2D eigenvalue weighted by atomic mass is 9.78. The SMILES string of the molecule is COCC1(C(=O)N(C)CCCCCc2cc(-c3ccccc3)no2)CCNCC1.Cl. The molecule has 0 spiro atoms. The number of methoxy groups -OCH3 is 1. The Morgan fingerprint density at radius 3 is 2.63 bits per heavy atom. The fourth-order valence-corrected chi connectivity index (χ4v) is 4.11. The summed E-state index contributed by atoms with van der Waals surface area (Å²) in [5, 5.41) is 7.51. The van der Waals surface area contributed by atoms with Gasteiger partial charge in [0, 0.05) is 38.8 Å². The summed E-state index contributed by atoms with van der Waals surface area (Å²) in [6.07, 6.45) is 5.63. The minimum Gasteiger partial charge on any atom is -0.384 e. The van der Waals surface area contributed by atoms with Gasteiger partial charge in [-0.2, -0.15) is 0 Å². The highest BCUT2D eigenvalue weighted by Gasteiger charge is 2.41. The van der Waals surface area contributed by atoms with Crippen molar-refractivity contribution in [3.05, 3.63) is 42.2 Å². The van der Waals surface area contributed by atoms with Gasteiger partial charge in [-0.05, 0) is 38.8 Å². The Morgan fingerprint density at radius 1 is 1.20 bits per heavy atom. The van der Waals surface area contributed by atoms with Crippen molar-refractivity contribution < 1.29 is 14.1 Å². The Kier molecular flexibility index (Phi) is 9.82. The van der Waals surface area contributed by atoms with Crippen molar-refractivity contribution in [3.63, 3.8) is 0 Å². The number of hydrogen-bond acceptors (Lipinski definition) is 5. The van der Waals surface area contributed by atoms with Crippen LogP contribution in [0.3, 0.4) is 0 Å². The van der Waals surface area contributed by atoms with Crippen LogP contribution in [0, 0.1) is 5.41 Å². The van der Waals surface area contributed by atoms with E-state index < -0.39 is 0 Å². The zero-order valence-corrected chi connectivity index (χ0v) is 18.9. The van der Waals surface area contributed by atoms with Gasteiger partial charge in [0.2, 0.25) is 5.91 Å². The number of piperidine rings is 1. The number of nitrogens with zero attached hydrogens (tertiary/aromatic N) is 2. The first-order valence-corrected chi connectivity index (χ1v) is 10.6. The number of aromatic nitrogens is 1. The largest absolute Gasteiger partial charge is 0.384 e. The number of amides is 1. The number of ether oxygens (including phenoxy) is 1. The number of benzene rings is 1. The summed E-state index contributed by atoms with van der Waals surface area (Å²) in [5.74, 6) is 1.14. The lowest BCUT2D eigenvalue weighted by Gasteiger charge is -2.38. The molecule has 0 saturated carbocycles. The average molecular weight is 436 g/mol. The summed E-state index contributed by atoms with van der Waals surface area (Å²) in [7, 11) is 3.61. The average Bonchev–Trinajstić information content (AvgIpc) is 3.23. The molecule has 7 heteroatoms. The maximum Gasteiger partial charge on any atom is 0.230 e. The molecule has 1 amide bonds. The van der Waals surface area contributed by atoms with Gasteiger partial charge in [0.1, 0.15) is 11.5 Å². The van der Waals surface area contributed by atoms with Gasteiger partial charge in [0.05, 0.1) is 12.0 Å². The predicted molar refractivity (Wildman–Crippen MR) is 121 cm³/mol. The molecule has 1 N–H and O–H groups in total. The number of rotatable bonds is 10. The fraction of sp³-hybridized carbons (Fsp3) is 0.565. The molecule has 2 heterocycles. The summed E-state index contributed by atoms with van der Waals surface area (Å²) in [6.45, 7) is 3.05. The van der Waals surface area contributed by atoms with Gasteiger partial charge in [0.25, 0.3) is 0 Å². The standard InChI is InChI=1S/C23H33N3O3.ClH/c1-26(22(27)23(18-28-2)12-14-24-15-13-23)16-8-4-7-11-20-17-21(25-29-20)19-9-5-3-6-10-19;/h3,5-6,9-10,17,24H,4,7-8,11-16,18H2,1-2H3;1H. The molecular formula is C23H34ClN3O3. The number of halogens is 1. The summed E-state index contributed by atoms with van der Waals surface area (Å²) in [4.78, 5) is 14.9. The summed E-state index contributed by atoms with van der Waals surface area (Å²) >= 11 is 0. The second-order valence-electron chi connectivity index (χ2n) is 8.05. The summed E-state index contributed by atoms with van der Waals surface area (Å²) in [6, 6.07) is 12.1. The lowest BCUT2D eigenvalue weighted by molar-refractivity contribution is -0.146. The zero-order valence-electron chi connectivity index (χ0n) is 18.1. The van der Waals surface area contributed by atoms with Crippen LogP contribution in [0.15, 0.2) is 40.9 Å². The Bertz CT molecular complexity index is 755. The first-order chi connectivity index (χ1) is 14.1. The second-order valence-corrected chi connectivity index (χ2v) is 8.05. The van der Waals surface area contributed by atoms with E-state index in [0.717, 1.165) is 75.2 Å². The topological polar surface area (TPSA) is 67.6 Å². The maximum atomic E-state index is 13.0. The molecule has 30 heavy (non-hydrogen) atoms. The normalized spacial score (nSPS) is 15.4. The number of carbonyl (C=O) groups excluding carboxylic acids is 1. The van der Waals surface area contributed by atoms with E-state index in [1.807, 2.05) is 48.3 Å². The van der Waals surface area contributed by atoms with Gasteiger partial charge in [-0.3, -0.25) is 4.79 Å². The molecule has 1 aromatic carbocycles. The first kappa shape index (κ1) is 24.4. The van der Waals surface area contributed by atoms with Gasteiger partial charge in [-0.1, -0.05) is 41.9 Å². The molecule has 0 aliphatic carbocycles. The number of aryl methyl sites for hydroxylation is 1. The number of nitrogens with one attached hydrogen (secondary N) is 1. The molecular weight excluding hydrogens is 402 g/mol. The van der Waals surface area contributed by atoms with Crippen LogP contribution in [0.2, 0.25) is 0 Å².